The Morgan fingerprint density at radius 1 is 0.900 bits per heavy atom. The summed E-state index contributed by atoms with van der Waals surface area (Å²) in [4.78, 5) is 28.6. The van der Waals surface area contributed by atoms with E-state index in [0.29, 0.717) is 33.3 Å². The number of rotatable bonds is 11. The molecule has 0 heterocycles. The number of aryl methyl sites for hydroxylation is 2. The molecule has 0 spiro atoms. The molecule has 0 aliphatic heterocycles. The monoisotopic (exact) mass is 603 g/mol. The van der Waals surface area contributed by atoms with Crippen LogP contribution in [0.1, 0.15) is 43.9 Å². The van der Waals surface area contributed by atoms with Crippen LogP contribution in [0.3, 0.4) is 0 Å². The topological polar surface area (TPSA) is 86.8 Å². The number of hydrogen-bond acceptors (Lipinski definition) is 4. The summed E-state index contributed by atoms with van der Waals surface area (Å²) in [6.45, 7) is 8.44. The molecule has 0 saturated carbocycles. The van der Waals surface area contributed by atoms with Crippen molar-refractivity contribution in [1.82, 2.24) is 10.2 Å². The van der Waals surface area contributed by atoms with Gasteiger partial charge in [-0.05, 0) is 70.0 Å². The fourth-order valence-corrected chi connectivity index (χ4v) is 6.09. The molecule has 3 rings (SSSR count). The highest BCUT2D eigenvalue weighted by molar-refractivity contribution is 7.92. The third-order valence-corrected chi connectivity index (χ3v) is 9.31. The molecular formula is C30H35Cl2N3O4S. The molecule has 10 heteroatoms. The molecule has 0 aromatic heterocycles. The van der Waals surface area contributed by atoms with Crippen molar-refractivity contribution >= 4 is 50.7 Å². The molecule has 0 radical (unpaired) electrons. The SMILES string of the molecule is CCC(C)NC(=O)C(C)N(Cc1c(Cl)cccc1Cl)C(=O)CN(c1ccccc1C)S(=O)(=O)c1ccc(C)cc1. The van der Waals surface area contributed by atoms with Crippen LogP contribution in [0.15, 0.2) is 71.6 Å². The van der Waals surface area contributed by atoms with Crippen LogP contribution < -0.4 is 9.62 Å². The van der Waals surface area contributed by atoms with Gasteiger partial charge in [-0.25, -0.2) is 8.42 Å². The van der Waals surface area contributed by atoms with Crippen molar-refractivity contribution in [2.45, 2.75) is 64.6 Å². The van der Waals surface area contributed by atoms with Gasteiger partial charge in [0, 0.05) is 28.2 Å². The number of benzene rings is 3. The molecule has 0 bridgehead atoms. The first kappa shape index (κ1) is 31.5. The van der Waals surface area contributed by atoms with Gasteiger partial charge in [-0.15, -0.1) is 0 Å². The van der Waals surface area contributed by atoms with Crippen molar-refractivity contribution in [3.63, 3.8) is 0 Å². The number of nitrogens with zero attached hydrogens (tertiary/aromatic N) is 2. The van der Waals surface area contributed by atoms with Crippen molar-refractivity contribution in [3.05, 3.63) is 93.5 Å². The summed E-state index contributed by atoms with van der Waals surface area (Å²) in [6.07, 6.45) is 0.707. The number of sulfonamides is 1. The molecule has 2 unspecified atom stereocenters. The largest absolute Gasteiger partial charge is 0.352 e. The lowest BCUT2D eigenvalue weighted by Crippen LogP contribution is -2.52. The van der Waals surface area contributed by atoms with E-state index >= 15 is 0 Å². The Morgan fingerprint density at radius 3 is 2.08 bits per heavy atom. The summed E-state index contributed by atoms with van der Waals surface area (Å²) < 4.78 is 29.0. The summed E-state index contributed by atoms with van der Waals surface area (Å²) >= 11 is 12.9. The minimum Gasteiger partial charge on any atom is -0.352 e. The summed E-state index contributed by atoms with van der Waals surface area (Å²) in [5, 5.41) is 3.58. The number of anilines is 1. The maximum absolute atomic E-state index is 14.1. The average molecular weight is 605 g/mol. The van der Waals surface area contributed by atoms with E-state index in [1.807, 2.05) is 20.8 Å². The van der Waals surface area contributed by atoms with Crippen LogP contribution in [0, 0.1) is 13.8 Å². The Bertz CT molecular complexity index is 1440. The standard InChI is InChI=1S/C30H35Cl2N3O4S/c1-6-22(4)33-30(37)23(5)34(18-25-26(31)11-9-12-27(25)32)29(36)19-35(28-13-8-7-10-21(28)3)40(38,39)24-16-14-20(2)15-17-24/h7-17,22-23H,6,18-19H2,1-5H3,(H,33,37). The Kier molecular flexibility index (Phi) is 10.6. The van der Waals surface area contributed by atoms with E-state index < -0.39 is 28.5 Å². The van der Waals surface area contributed by atoms with Gasteiger partial charge in [-0.3, -0.25) is 13.9 Å². The Labute approximate surface area is 247 Å². The Hall–Kier alpha value is -3.07. The van der Waals surface area contributed by atoms with Gasteiger partial charge < -0.3 is 10.2 Å². The summed E-state index contributed by atoms with van der Waals surface area (Å²) in [7, 11) is -4.15. The smallest absolute Gasteiger partial charge is 0.264 e. The number of carbonyl (C=O) groups is 2. The second-order valence-electron chi connectivity index (χ2n) is 9.83. The fraction of sp³-hybridized carbons (Fsp3) is 0.333. The van der Waals surface area contributed by atoms with Gasteiger partial charge in [-0.2, -0.15) is 0 Å². The Morgan fingerprint density at radius 2 is 1.50 bits per heavy atom. The highest BCUT2D eigenvalue weighted by Crippen LogP contribution is 2.29. The quantitative estimate of drug-likeness (QED) is 0.285. The molecule has 2 amide bonds. The molecule has 214 valence electrons. The summed E-state index contributed by atoms with van der Waals surface area (Å²) in [5.41, 5.74) is 2.41. The number of amides is 2. The predicted octanol–water partition coefficient (Wildman–Crippen LogP) is 6.14. The number of hydrogen-bond donors (Lipinski definition) is 1. The maximum Gasteiger partial charge on any atom is 0.264 e. The van der Waals surface area contributed by atoms with Gasteiger partial charge in [0.2, 0.25) is 11.8 Å². The van der Waals surface area contributed by atoms with E-state index in [1.54, 1.807) is 68.4 Å². The molecule has 0 aliphatic rings. The highest BCUT2D eigenvalue weighted by Gasteiger charge is 2.33. The van der Waals surface area contributed by atoms with Crippen molar-refractivity contribution in [2.75, 3.05) is 10.8 Å². The number of nitrogens with one attached hydrogen (secondary N) is 1. The van der Waals surface area contributed by atoms with E-state index in [0.717, 1.165) is 9.87 Å². The van der Waals surface area contributed by atoms with E-state index in [2.05, 4.69) is 5.32 Å². The third-order valence-electron chi connectivity index (χ3n) is 6.83. The lowest BCUT2D eigenvalue weighted by Gasteiger charge is -2.33. The third kappa shape index (κ3) is 7.36. The van der Waals surface area contributed by atoms with Crippen molar-refractivity contribution in [3.8, 4) is 0 Å². The normalized spacial score (nSPS) is 12.9. The van der Waals surface area contributed by atoms with E-state index in [4.69, 9.17) is 23.2 Å². The van der Waals surface area contributed by atoms with Gasteiger partial charge in [0.25, 0.3) is 10.0 Å². The van der Waals surface area contributed by atoms with Crippen LogP contribution >= 0.6 is 23.2 Å². The van der Waals surface area contributed by atoms with Crippen LogP contribution in [0.4, 0.5) is 5.69 Å². The zero-order valence-corrected chi connectivity index (χ0v) is 25.6. The zero-order chi connectivity index (χ0) is 29.6. The summed E-state index contributed by atoms with van der Waals surface area (Å²) in [6, 6.07) is 17.3. The molecule has 0 saturated heterocycles. The average Bonchev–Trinajstić information content (AvgIpc) is 2.91. The molecule has 2 atom stereocenters. The molecule has 3 aromatic carbocycles. The fourth-order valence-electron chi connectivity index (χ4n) is 4.10. The first-order chi connectivity index (χ1) is 18.9. The lowest BCUT2D eigenvalue weighted by molar-refractivity contribution is -0.139. The predicted molar refractivity (Wildman–Crippen MR) is 161 cm³/mol. The zero-order valence-electron chi connectivity index (χ0n) is 23.3. The van der Waals surface area contributed by atoms with Crippen LogP contribution in [0.5, 0.6) is 0 Å². The number of carbonyl (C=O) groups excluding carboxylic acids is 2. The molecule has 0 fully saturated rings. The van der Waals surface area contributed by atoms with Crippen LogP contribution in [0.2, 0.25) is 10.0 Å². The maximum atomic E-state index is 14.1. The minimum absolute atomic E-state index is 0.0532. The molecular weight excluding hydrogens is 569 g/mol. The van der Waals surface area contributed by atoms with E-state index in [9.17, 15) is 18.0 Å². The van der Waals surface area contributed by atoms with Crippen molar-refractivity contribution in [1.29, 1.82) is 0 Å². The van der Waals surface area contributed by atoms with Crippen LogP contribution in [-0.2, 0) is 26.2 Å². The highest BCUT2D eigenvalue weighted by atomic mass is 35.5. The molecule has 1 N–H and O–H groups in total. The van der Waals surface area contributed by atoms with Gasteiger partial charge in [0.15, 0.2) is 0 Å². The van der Waals surface area contributed by atoms with Gasteiger partial charge in [-0.1, -0.05) is 72.1 Å². The first-order valence-corrected chi connectivity index (χ1v) is 15.2. The lowest BCUT2D eigenvalue weighted by atomic mass is 10.1. The first-order valence-electron chi connectivity index (χ1n) is 13.0. The number of para-hydroxylation sites is 1. The number of halogens is 2. The van der Waals surface area contributed by atoms with E-state index in [1.165, 1.54) is 17.0 Å². The summed E-state index contributed by atoms with van der Waals surface area (Å²) in [5.74, 6) is -0.948. The second-order valence-corrected chi connectivity index (χ2v) is 12.5. The van der Waals surface area contributed by atoms with Crippen molar-refractivity contribution < 1.29 is 18.0 Å². The second kappa shape index (κ2) is 13.5. The Balaban J connectivity index is 2.08. The van der Waals surface area contributed by atoms with Crippen LogP contribution in [-0.4, -0.2) is 43.8 Å². The van der Waals surface area contributed by atoms with Crippen LogP contribution in [0.25, 0.3) is 0 Å². The van der Waals surface area contributed by atoms with Gasteiger partial charge in [0.05, 0.1) is 10.6 Å². The van der Waals surface area contributed by atoms with Gasteiger partial charge >= 0.3 is 0 Å². The molecule has 40 heavy (non-hydrogen) atoms. The van der Waals surface area contributed by atoms with Crippen molar-refractivity contribution in [2.24, 2.45) is 0 Å². The van der Waals surface area contributed by atoms with Gasteiger partial charge in [0.1, 0.15) is 12.6 Å². The van der Waals surface area contributed by atoms with E-state index in [-0.39, 0.29) is 23.4 Å². The molecule has 0 aliphatic carbocycles. The molecule has 7 nitrogen and oxygen atoms in total. The molecule has 3 aromatic rings. The minimum atomic E-state index is -4.15.